The number of fused-ring (bicyclic) bond motifs is 6. The molecule has 0 aliphatic rings. The van der Waals surface area contributed by atoms with E-state index in [1.54, 1.807) is 15.9 Å². The normalized spacial score (nSPS) is 13.6. The van der Waals surface area contributed by atoms with Gasteiger partial charge in [0.25, 0.3) is 0 Å². The van der Waals surface area contributed by atoms with E-state index in [9.17, 15) is 2.74 Å². The van der Waals surface area contributed by atoms with Crippen LogP contribution in [0.2, 0.25) is 0 Å². The maximum atomic E-state index is 9.38. The lowest BCUT2D eigenvalue weighted by atomic mass is 9.96. The van der Waals surface area contributed by atoms with E-state index in [4.69, 9.17) is 23.2 Å². The second-order valence-electron chi connectivity index (χ2n) is 13.4. The number of thiophene rings is 1. The van der Waals surface area contributed by atoms with Crippen molar-refractivity contribution >= 4 is 53.3 Å². The lowest BCUT2D eigenvalue weighted by molar-refractivity contribution is 1.06. The summed E-state index contributed by atoms with van der Waals surface area (Å²) in [5, 5.41) is 2.06. The Bertz CT molecular complexity index is 3570. The van der Waals surface area contributed by atoms with Gasteiger partial charge in [-0.15, -0.1) is 11.3 Å². The van der Waals surface area contributed by atoms with Gasteiger partial charge in [-0.2, -0.15) is 0 Å². The third kappa shape index (κ3) is 5.32. The van der Waals surface area contributed by atoms with Gasteiger partial charge in [0.2, 0.25) is 0 Å². The van der Waals surface area contributed by atoms with Crippen LogP contribution >= 0.6 is 11.3 Å². The molecule has 0 bridgehead atoms. The van der Waals surface area contributed by atoms with Crippen LogP contribution in [0.4, 0.5) is 0 Å². The maximum absolute atomic E-state index is 9.38. The van der Waals surface area contributed by atoms with Crippen LogP contribution in [0.5, 0.6) is 0 Å². The first kappa shape index (κ1) is 25.0. The van der Waals surface area contributed by atoms with Crippen molar-refractivity contribution in [3.63, 3.8) is 0 Å². The van der Waals surface area contributed by atoms with E-state index in [0.29, 0.717) is 22.9 Å². The van der Waals surface area contributed by atoms with Crippen LogP contribution in [0.1, 0.15) is 11.0 Å². The van der Waals surface area contributed by atoms with Gasteiger partial charge in [-0.3, -0.25) is 0 Å². The molecule has 56 heavy (non-hydrogen) atoms. The van der Waals surface area contributed by atoms with Gasteiger partial charge in [0, 0.05) is 47.6 Å². The molecular formula is C51H32N4S. The molecule has 0 spiro atoms. The van der Waals surface area contributed by atoms with E-state index in [2.05, 4.69) is 42.5 Å². The summed E-state index contributed by atoms with van der Waals surface area (Å²) in [5.74, 6) is 1.04. The van der Waals surface area contributed by atoms with Gasteiger partial charge in [0.1, 0.15) is 0 Å². The number of hydrogen-bond acceptors (Lipinski definition) is 4. The van der Waals surface area contributed by atoms with Crippen molar-refractivity contribution in [2.75, 3.05) is 0 Å². The van der Waals surface area contributed by atoms with Gasteiger partial charge in [-0.25, -0.2) is 15.0 Å². The van der Waals surface area contributed by atoms with Crippen LogP contribution in [0.3, 0.4) is 0 Å². The van der Waals surface area contributed by atoms with Crippen LogP contribution in [0, 0.1) is 0 Å². The Hall–Kier alpha value is -7.21. The second-order valence-corrected chi connectivity index (χ2v) is 14.4. The molecule has 5 heteroatoms. The molecule has 3 heterocycles. The van der Waals surface area contributed by atoms with Crippen molar-refractivity contribution in [2.45, 2.75) is 0 Å². The van der Waals surface area contributed by atoms with Crippen molar-refractivity contribution in [1.82, 2.24) is 19.5 Å². The third-order valence-electron chi connectivity index (χ3n) is 10.1. The minimum absolute atomic E-state index is 0.00119. The fourth-order valence-corrected chi connectivity index (χ4v) is 8.86. The third-order valence-corrected chi connectivity index (χ3v) is 11.3. The van der Waals surface area contributed by atoms with Crippen LogP contribution in [0.25, 0.3) is 104 Å². The Morgan fingerprint density at radius 2 is 0.982 bits per heavy atom. The topological polar surface area (TPSA) is 43.6 Å². The monoisotopic (exact) mass is 740 g/mol. The number of nitrogens with zero attached hydrogens (tertiary/aromatic N) is 4. The summed E-state index contributed by atoms with van der Waals surface area (Å²) in [6, 6.07) is 43.9. The summed E-state index contributed by atoms with van der Waals surface area (Å²) in [6.45, 7) is 0. The molecule has 0 aliphatic heterocycles. The van der Waals surface area contributed by atoms with Crippen molar-refractivity contribution in [3.8, 4) is 62.1 Å². The molecule has 262 valence electrons. The zero-order valence-corrected chi connectivity index (χ0v) is 30.4. The van der Waals surface area contributed by atoms with Crippen LogP contribution < -0.4 is 0 Å². The Morgan fingerprint density at radius 3 is 1.62 bits per heavy atom. The molecule has 8 aromatic carbocycles. The molecule has 3 aromatic heterocycles. The number of rotatable bonds is 6. The summed E-state index contributed by atoms with van der Waals surface area (Å²) >= 11 is 1.71. The minimum Gasteiger partial charge on any atom is -0.308 e. The number of hydrogen-bond donors (Lipinski definition) is 0. The molecule has 0 atom stereocenters. The summed E-state index contributed by atoms with van der Waals surface area (Å²) < 4.78 is 75.9. The second kappa shape index (κ2) is 13.3. The van der Waals surface area contributed by atoms with E-state index in [1.165, 1.54) is 0 Å². The van der Waals surface area contributed by atoms with Crippen LogP contribution in [-0.4, -0.2) is 19.5 Å². The Morgan fingerprint density at radius 1 is 0.429 bits per heavy atom. The Labute approximate surface area is 338 Å². The van der Waals surface area contributed by atoms with E-state index < -0.39 is 48.3 Å². The quantitative estimate of drug-likeness (QED) is 0.170. The summed E-state index contributed by atoms with van der Waals surface area (Å²) in [7, 11) is 0. The zero-order valence-electron chi connectivity index (χ0n) is 37.6. The SMILES string of the molecule is [2H]c1c([2H])c([2H])c2c(c1[2H])c1c([2H])c([2H])c([2H])c([2H])c1n2-c1cc(-c2cccc3sc4c(-c5ccccc5)cccc4c23)ccc1-c1nc(-c2ccccc2)nc(-c2ccccc2)n1. The predicted molar refractivity (Wildman–Crippen MR) is 234 cm³/mol. The first-order valence-corrected chi connectivity index (χ1v) is 18.9. The highest BCUT2D eigenvalue weighted by Crippen LogP contribution is 2.45. The number of benzene rings is 8. The van der Waals surface area contributed by atoms with E-state index >= 15 is 0 Å². The largest absolute Gasteiger partial charge is 0.308 e. The summed E-state index contributed by atoms with van der Waals surface area (Å²) in [6.07, 6.45) is 0. The standard InChI is InChI=1S/C51H32N4S/c1-4-16-33(17-5-1)38-25-14-26-42-47-37(24-15-29-46(47)56-48(38)42)36-30-31-41(45(32-36)55-43-27-12-10-22-39(43)40-23-11-13-28-44(40)55)51-53-49(34-18-6-2-7-19-34)52-50(54-51)35-20-8-3-9-21-35/h1-32H/i10D,11D,12D,13D,22D,23D,27D,28D. The summed E-state index contributed by atoms with van der Waals surface area (Å²) in [4.78, 5) is 15.0. The maximum Gasteiger partial charge on any atom is 0.166 e. The molecule has 0 N–H and O–H groups in total. The average molecular weight is 741 g/mol. The fourth-order valence-electron chi connectivity index (χ4n) is 7.60. The summed E-state index contributed by atoms with van der Waals surface area (Å²) in [5.41, 5.74) is 6.15. The molecule has 0 unspecified atom stereocenters. The Balaban J connectivity index is 1.28. The lowest BCUT2D eigenvalue weighted by Gasteiger charge is -2.17. The molecule has 4 nitrogen and oxygen atoms in total. The lowest BCUT2D eigenvalue weighted by Crippen LogP contribution is -2.04. The molecule has 0 saturated carbocycles. The van der Waals surface area contributed by atoms with Gasteiger partial charge in [0.05, 0.1) is 27.7 Å². The molecule has 0 radical (unpaired) electrons. The van der Waals surface area contributed by atoms with Crippen LogP contribution in [-0.2, 0) is 0 Å². The smallest absolute Gasteiger partial charge is 0.166 e. The van der Waals surface area contributed by atoms with Crippen molar-refractivity contribution in [1.29, 1.82) is 0 Å². The highest BCUT2D eigenvalue weighted by atomic mass is 32.1. The molecule has 11 aromatic rings. The average Bonchev–Trinajstić information content (AvgIpc) is 3.92. The van der Waals surface area contributed by atoms with Gasteiger partial charge >= 0.3 is 0 Å². The fraction of sp³-hybridized carbons (Fsp3) is 0. The minimum atomic E-state index is -0.513. The first-order chi connectivity index (χ1) is 31.1. The van der Waals surface area contributed by atoms with E-state index in [-0.39, 0.29) is 27.6 Å². The molecule has 0 saturated heterocycles. The zero-order chi connectivity index (χ0) is 44.0. The molecule has 0 fully saturated rings. The number of para-hydroxylation sites is 2. The Kier molecular flexibility index (Phi) is 5.92. The molecule has 0 amide bonds. The number of aromatic nitrogens is 4. The molecular weight excluding hydrogens is 701 g/mol. The van der Waals surface area contributed by atoms with Crippen molar-refractivity contribution in [2.24, 2.45) is 0 Å². The van der Waals surface area contributed by atoms with Gasteiger partial charge in [-0.1, -0.05) is 164 Å². The highest BCUT2D eigenvalue weighted by molar-refractivity contribution is 7.26. The van der Waals surface area contributed by atoms with Gasteiger partial charge in [-0.05, 0) is 52.5 Å². The van der Waals surface area contributed by atoms with E-state index in [1.807, 2.05) is 103 Å². The van der Waals surface area contributed by atoms with Crippen LogP contribution in [0.15, 0.2) is 194 Å². The first-order valence-electron chi connectivity index (χ1n) is 22.1. The predicted octanol–water partition coefficient (Wildman–Crippen LogP) is 13.7. The van der Waals surface area contributed by atoms with Crippen molar-refractivity contribution < 1.29 is 11.0 Å². The van der Waals surface area contributed by atoms with Crippen molar-refractivity contribution in [3.05, 3.63) is 194 Å². The van der Waals surface area contributed by atoms with Gasteiger partial charge in [0.15, 0.2) is 17.5 Å². The van der Waals surface area contributed by atoms with E-state index in [0.717, 1.165) is 53.6 Å². The molecule has 0 aliphatic carbocycles. The highest BCUT2D eigenvalue weighted by Gasteiger charge is 2.21. The van der Waals surface area contributed by atoms with Gasteiger partial charge < -0.3 is 4.57 Å². The molecule has 11 rings (SSSR count).